The van der Waals surface area contributed by atoms with E-state index >= 15 is 0 Å². The van der Waals surface area contributed by atoms with Crippen molar-refractivity contribution in [1.82, 2.24) is 14.8 Å². The summed E-state index contributed by atoms with van der Waals surface area (Å²) < 4.78 is 12.9. The van der Waals surface area contributed by atoms with Crippen LogP contribution in [0.3, 0.4) is 0 Å². The van der Waals surface area contributed by atoms with Crippen LogP contribution in [0.2, 0.25) is 0 Å². The summed E-state index contributed by atoms with van der Waals surface area (Å²) in [5.74, 6) is 0.911. The van der Waals surface area contributed by atoms with E-state index in [1.54, 1.807) is 4.68 Å². The van der Waals surface area contributed by atoms with Gasteiger partial charge in [-0.05, 0) is 33.8 Å². The number of esters is 1. The van der Waals surface area contributed by atoms with Crippen molar-refractivity contribution in [2.24, 2.45) is 0 Å². The van der Waals surface area contributed by atoms with Crippen LogP contribution in [0.5, 0.6) is 5.75 Å². The van der Waals surface area contributed by atoms with Gasteiger partial charge in [-0.2, -0.15) is 10.1 Å². The molecule has 7 nitrogen and oxygen atoms in total. The number of allylic oxidation sites excluding steroid dienone is 1. The number of carbonyl (C=O) groups is 1. The third-order valence-corrected chi connectivity index (χ3v) is 3.87. The Kier molecular flexibility index (Phi) is 4.74. The minimum absolute atomic E-state index is 0.215. The summed E-state index contributed by atoms with van der Waals surface area (Å²) in [6.45, 7) is 7.95. The Balaban J connectivity index is 2.15. The molecule has 0 aliphatic carbocycles. The summed E-state index contributed by atoms with van der Waals surface area (Å²) in [5.41, 5.74) is 2.04. The summed E-state index contributed by atoms with van der Waals surface area (Å²) in [7, 11) is 0. The van der Waals surface area contributed by atoms with E-state index in [0.29, 0.717) is 29.6 Å². The van der Waals surface area contributed by atoms with Crippen molar-refractivity contribution in [3.05, 3.63) is 47.4 Å². The van der Waals surface area contributed by atoms with Gasteiger partial charge in [0, 0.05) is 11.3 Å². The van der Waals surface area contributed by atoms with Crippen LogP contribution in [0.4, 0.5) is 5.95 Å². The molecule has 1 aliphatic heterocycles. The van der Waals surface area contributed by atoms with Crippen LogP contribution in [0, 0.1) is 0 Å². The number of nitrogens with zero attached hydrogens (tertiary/aromatic N) is 3. The van der Waals surface area contributed by atoms with E-state index < -0.39 is 6.04 Å². The van der Waals surface area contributed by atoms with Crippen LogP contribution in [-0.4, -0.2) is 33.4 Å². The first-order valence-electron chi connectivity index (χ1n) is 8.33. The van der Waals surface area contributed by atoms with Gasteiger partial charge in [0.2, 0.25) is 5.95 Å². The van der Waals surface area contributed by atoms with Gasteiger partial charge < -0.3 is 14.8 Å². The Bertz CT molecular complexity index is 810. The first kappa shape index (κ1) is 17.0. The monoisotopic (exact) mass is 342 g/mol. The van der Waals surface area contributed by atoms with Crippen LogP contribution in [-0.2, 0) is 9.53 Å². The van der Waals surface area contributed by atoms with Crippen molar-refractivity contribution in [1.29, 1.82) is 0 Å². The fourth-order valence-corrected chi connectivity index (χ4v) is 2.91. The maximum atomic E-state index is 12.8. The van der Waals surface area contributed by atoms with Gasteiger partial charge in [-0.15, -0.1) is 0 Å². The molecule has 0 radical (unpaired) electrons. The lowest BCUT2D eigenvalue weighted by Crippen LogP contribution is -2.30. The highest BCUT2D eigenvalue weighted by Gasteiger charge is 2.36. The minimum Gasteiger partial charge on any atom is -0.494 e. The summed E-state index contributed by atoms with van der Waals surface area (Å²) in [4.78, 5) is 17.0. The van der Waals surface area contributed by atoms with Crippen LogP contribution >= 0.6 is 0 Å². The molecule has 0 amide bonds. The number of fused-ring (bicyclic) bond motifs is 1. The molecular weight excluding hydrogens is 320 g/mol. The third kappa shape index (κ3) is 3.22. The predicted molar refractivity (Wildman–Crippen MR) is 93.3 cm³/mol. The lowest BCUT2D eigenvalue weighted by Gasteiger charge is -2.29. The number of hydrogen-bond acceptors (Lipinski definition) is 6. The zero-order chi connectivity index (χ0) is 18.0. The average Bonchev–Trinajstić information content (AvgIpc) is 3.01. The second-order valence-corrected chi connectivity index (χ2v) is 6.02. The molecule has 2 heterocycles. The molecule has 1 atom stereocenters. The molecule has 1 aromatic heterocycles. The topological polar surface area (TPSA) is 78.3 Å². The Morgan fingerprint density at radius 2 is 2.12 bits per heavy atom. The first-order valence-corrected chi connectivity index (χ1v) is 8.33. The highest BCUT2D eigenvalue weighted by Crippen LogP contribution is 2.39. The highest BCUT2D eigenvalue weighted by molar-refractivity contribution is 5.92. The second-order valence-electron chi connectivity index (χ2n) is 6.02. The van der Waals surface area contributed by atoms with E-state index in [1.807, 2.05) is 52.0 Å². The van der Waals surface area contributed by atoms with Gasteiger partial charge >= 0.3 is 5.97 Å². The number of ether oxygens (including phenoxy) is 2. The first-order chi connectivity index (χ1) is 12.0. The molecule has 0 unspecified atom stereocenters. The maximum Gasteiger partial charge on any atom is 0.338 e. The van der Waals surface area contributed by atoms with Gasteiger partial charge in [0.15, 0.2) is 0 Å². The van der Waals surface area contributed by atoms with Gasteiger partial charge in [-0.25, -0.2) is 9.48 Å². The molecule has 1 aliphatic rings. The minimum atomic E-state index is -0.465. The number of rotatable bonds is 5. The van der Waals surface area contributed by atoms with Crippen molar-refractivity contribution < 1.29 is 14.3 Å². The van der Waals surface area contributed by atoms with E-state index in [1.165, 1.54) is 6.33 Å². The predicted octanol–water partition coefficient (Wildman–Crippen LogP) is 2.92. The molecule has 1 aromatic carbocycles. The van der Waals surface area contributed by atoms with Gasteiger partial charge in [0.25, 0.3) is 0 Å². The number of nitrogens with one attached hydrogen (secondary N) is 1. The number of benzene rings is 1. The molecule has 0 saturated heterocycles. The SMILES string of the molecule is CCOc1ccccc1[C@@H]1C(C(=O)OC(C)C)=C(C)Nc2ncnn21. The summed E-state index contributed by atoms with van der Waals surface area (Å²) in [5, 5.41) is 7.43. The molecule has 3 rings (SSSR count). The summed E-state index contributed by atoms with van der Waals surface area (Å²) in [6, 6.07) is 7.17. The Hall–Kier alpha value is -2.83. The van der Waals surface area contributed by atoms with Crippen LogP contribution in [0.15, 0.2) is 41.9 Å². The fourth-order valence-electron chi connectivity index (χ4n) is 2.91. The molecule has 0 spiro atoms. The normalized spacial score (nSPS) is 16.4. The Morgan fingerprint density at radius 1 is 1.36 bits per heavy atom. The molecule has 25 heavy (non-hydrogen) atoms. The van der Waals surface area contributed by atoms with Gasteiger partial charge in [-0.1, -0.05) is 18.2 Å². The zero-order valence-electron chi connectivity index (χ0n) is 14.8. The lowest BCUT2D eigenvalue weighted by atomic mass is 9.95. The maximum absolute atomic E-state index is 12.8. The number of carbonyl (C=O) groups excluding carboxylic acids is 1. The molecule has 7 heteroatoms. The highest BCUT2D eigenvalue weighted by atomic mass is 16.5. The fraction of sp³-hybridized carbons (Fsp3) is 0.389. The third-order valence-electron chi connectivity index (χ3n) is 3.87. The Labute approximate surface area is 146 Å². The molecule has 2 aromatic rings. The number of aromatic nitrogens is 3. The van der Waals surface area contributed by atoms with E-state index in [9.17, 15) is 4.79 Å². The van der Waals surface area contributed by atoms with Gasteiger partial charge in [-0.3, -0.25) is 0 Å². The van der Waals surface area contributed by atoms with Gasteiger partial charge in [0.05, 0.1) is 18.3 Å². The molecule has 0 bridgehead atoms. The van der Waals surface area contributed by atoms with E-state index in [-0.39, 0.29) is 12.1 Å². The largest absolute Gasteiger partial charge is 0.494 e. The van der Waals surface area contributed by atoms with Crippen LogP contribution in [0.25, 0.3) is 0 Å². The van der Waals surface area contributed by atoms with Crippen molar-refractivity contribution in [2.75, 3.05) is 11.9 Å². The quantitative estimate of drug-likeness (QED) is 0.842. The van der Waals surface area contributed by atoms with E-state index in [4.69, 9.17) is 9.47 Å². The number of para-hydroxylation sites is 1. The van der Waals surface area contributed by atoms with Crippen molar-refractivity contribution in [3.8, 4) is 5.75 Å². The zero-order valence-corrected chi connectivity index (χ0v) is 14.8. The smallest absolute Gasteiger partial charge is 0.338 e. The van der Waals surface area contributed by atoms with Crippen molar-refractivity contribution >= 4 is 11.9 Å². The average molecular weight is 342 g/mol. The molecule has 132 valence electrons. The second kappa shape index (κ2) is 6.96. The molecule has 0 fully saturated rings. The summed E-state index contributed by atoms with van der Waals surface area (Å²) >= 11 is 0. The van der Waals surface area contributed by atoms with Gasteiger partial charge in [0.1, 0.15) is 18.1 Å². The van der Waals surface area contributed by atoms with Crippen molar-refractivity contribution in [2.45, 2.75) is 39.8 Å². The number of anilines is 1. The summed E-state index contributed by atoms with van der Waals surface area (Å²) in [6.07, 6.45) is 1.25. The standard InChI is InChI=1S/C18H22N4O3/c1-5-24-14-9-7-6-8-13(14)16-15(17(23)25-11(2)3)12(4)21-18-19-10-20-22(16)18/h6-11,16H,5H2,1-4H3,(H,19,20,21)/t16-/m1/s1. The molecule has 0 saturated carbocycles. The van der Waals surface area contributed by atoms with Crippen LogP contribution < -0.4 is 10.1 Å². The van der Waals surface area contributed by atoms with E-state index in [2.05, 4.69) is 15.4 Å². The van der Waals surface area contributed by atoms with E-state index in [0.717, 1.165) is 5.56 Å². The van der Waals surface area contributed by atoms with Crippen molar-refractivity contribution in [3.63, 3.8) is 0 Å². The molecular formula is C18H22N4O3. The van der Waals surface area contributed by atoms with Crippen LogP contribution in [0.1, 0.15) is 39.3 Å². The Morgan fingerprint density at radius 3 is 2.84 bits per heavy atom. The number of hydrogen-bond donors (Lipinski definition) is 1. The lowest BCUT2D eigenvalue weighted by molar-refractivity contribution is -0.143. The molecule has 1 N–H and O–H groups in total.